The quantitative estimate of drug-likeness (QED) is 0.290. The molecule has 2 heteroatoms. The number of ether oxygens (including phenoxy) is 1. The number of hydrogen-bond acceptors (Lipinski definition) is 2. The van der Waals surface area contributed by atoms with E-state index in [0.717, 1.165) is 12.8 Å². The number of rotatable bonds is 6. The van der Waals surface area contributed by atoms with Gasteiger partial charge in [-0.05, 0) is 19.4 Å². The number of esters is 1. The van der Waals surface area contributed by atoms with Crippen LogP contribution < -0.4 is 0 Å². The van der Waals surface area contributed by atoms with E-state index in [9.17, 15) is 4.79 Å². The molecule has 0 rings (SSSR count). The summed E-state index contributed by atoms with van der Waals surface area (Å²) in [5, 5.41) is 0. The summed E-state index contributed by atoms with van der Waals surface area (Å²) in [6.07, 6.45) is 8.74. The molecule has 0 aromatic heterocycles. The molecule has 0 atom stereocenters. The third-order valence-electron chi connectivity index (χ3n) is 1.85. The monoisotopic (exact) mass is 208 g/mol. The second kappa shape index (κ2) is 10.8. The van der Waals surface area contributed by atoms with Gasteiger partial charge in [0.05, 0.1) is 6.61 Å². The lowest BCUT2D eigenvalue weighted by atomic mass is 10.2. The first-order chi connectivity index (χ1) is 7.31. The van der Waals surface area contributed by atoms with Crippen molar-refractivity contribution in [3.8, 4) is 11.8 Å². The van der Waals surface area contributed by atoms with Gasteiger partial charge in [0.25, 0.3) is 0 Å². The molecule has 15 heavy (non-hydrogen) atoms. The molecule has 0 unspecified atom stereocenters. The predicted octanol–water partition coefficient (Wildman–Crippen LogP) is 3.08. The molecule has 0 aromatic carbocycles. The van der Waals surface area contributed by atoms with E-state index in [-0.39, 0.29) is 5.97 Å². The lowest BCUT2D eigenvalue weighted by Gasteiger charge is -1.92. The Labute approximate surface area is 92.7 Å². The zero-order valence-electron chi connectivity index (χ0n) is 9.71. The minimum Gasteiger partial charge on any atom is -0.463 e. The molecular formula is C13H20O2. The Bertz CT molecular complexity index is 243. The molecule has 0 amide bonds. The molecule has 0 N–H and O–H groups in total. The van der Waals surface area contributed by atoms with Crippen LogP contribution in [-0.2, 0) is 9.53 Å². The lowest BCUT2D eigenvalue weighted by Crippen LogP contribution is -1.98. The maximum atomic E-state index is 10.8. The first-order valence-electron chi connectivity index (χ1n) is 5.63. The Morgan fingerprint density at radius 2 is 2.07 bits per heavy atom. The Morgan fingerprint density at radius 1 is 1.27 bits per heavy atom. The fraction of sp³-hybridized carbons (Fsp3) is 0.615. The van der Waals surface area contributed by atoms with Crippen molar-refractivity contribution in [1.82, 2.24) is 0 Å². The van der Waals surface area contributed by atoms with Crippen molar-refractivity contribution >= 4 is 5.97 Å². The van der Waals surface area contributed by atoms with E-state index >= 15 is 0 Å². The van der Waals surface area contributed by atoms with Crippen molar-refractivity contribution in [2.24, 2.45) is 0 Å². The Morgan fingerprint density at radius 3 is 2.73 bits per heavy atom. The smallest absolute Gasteiger partial charge is 0.331 e. The Balaban J connectivity index is 3.48. The molecule has 0 fully saturated rings. The second-order valence-corrected chi connectivity index (χ2v) is 3.22. The van der Waals surface area contributed by atoms with Crippen LogP contribution >= 0.6 is 0 Å². The van der Waals surface area contributed by atoms with Gasteiger partial charge in [0.1, 0.15) is 0 Å². The van der Waals surface area contributed by atoms with Gasteiger partial charge in [-0.25, -0.2) is 4.79 Å². The van der Waals surface area contributed by atoms with E-state index in [2.05, 4.69) is 18.8 Å². The highest BCUT2D eigenvalue weighted by atomic mass is 16.5. The van der Waals surface area contributed by atoms with Crippen LogP contribution in [0.5, 0.6) is 0 Å². The van der Waals surface area contributed by atoms with E-state index in [1.54, 1.807) is 13.0 Å². The van der Waals surface area contributed by atoms with Crippen LogP contribution in [0.2, 0.25) is 0 Å². The first kappa shape index (κ1) is 13.8. The normalized spacial score (nSPS) is 9.73. The largest absolute Gasteiger partial charge is 0.463 e. The summed E-state index contributed by atoms with van der Waals surface area (Å²) < 4.78 is 4.71. The van der Waals surface area contributed by atoms with E-state index in [1.165, 1.54) is 25.3 Å². The van der Waals surface area contributed by atoms with Gasteiger partial charge < -0.3 is 4.74 Å². The van der Waals surface area contributed by atoms with Crippen molar-refractivity contribution in [2.45, 2.75) is 46.0 Å². The van der Waals surface area contributed by atoms with Gasteiger partial charge in [0, 0.05) is 12.5 Å². The fourth-order valence-electron chi connectivity index (χ4n) is 1.07. The molecule has 0 aliphatic heterocycles. The van der Waals surface area contributed by atoms with Crippen LogP contribution in [0.3, 0.4) is 0 Å². The molecular weight excluding hydrogens is 188 g/mol. The summed E-state index contributed by atoms with van der Waals surface area (Å²) in [6, 6.07) is 0. The zero-order valence-corrected chi connectivity index (χ0v) is 9.71. The van der Waals surface area contributed by atoms with E-state index in [4.69, 9.17) is 4.74 Å². The first-order valence-corrected chi connectivity index (χ1v) is 5.63. The topological polar surface area (TPSA) is 26.3 Å². The highest BCUT2D eigenvalue weighted by Crippen LogP contribution is 2.00. The molecule has 0 bridgehead atoms. The maximum Gasteiger partial charge on any atom is 0.331 e. The third-order valence-corrected chi connectivity index (χ3v) is 1.85. The molecule has 0 aliphatic carbocycles. The summed E-state index contributed by atoms with van der Waals surface area (Å²) >= 11 is 0. The van der Waals surface area contributed by atoms with Gasteiger partial charge in [-0.1, -0.05) is 38.0 Å². The molecule has 0 aromatic rings. The molecule has 0 saturated carbocycles. The van der Waals surface area contributed by atoms with Crippen molar-refractivity contribution in [3.63, 3.8) is 0 Å². The van der Waals surface area contributed by atoms with Crippen molar-refractivity contribution in [3.05, 3.63) is 12.2 Å². The van der Waals surface area contributed by atoms with E-state index in [0.29, 0.717) is 6.61 Å². The Kier molecular flexibility index (Phi) is 9.96. The summed E-state index contributed by atoms with van der Waals surface area (Å²) in [7, 11) is 0. The Hall–Kier alpha value is -1.23. The number of hydrogen-bond donors (Lipinski definition) is 0. The van der Waals surface area contributed by atoms with Gasteiger partial charge in [-0.2, -0.15) is 0 Å². The molecule has 2 nitrogen and oxygen atoms in total. The maximum absolute atomic E-state index is 10.8. The fourth-order valence-corrected chi connectivity index (χ4v) is 1.07. The molecule has 0 saturated heterocycles. The van der Waals surface area contributed by atoms with Gasteiger partial charge >= 0.3 is 5.97 Å². The average Bonchev–Trinajstić information content (AvgIpc) is 2.22. The van der Waals surface area contributed by atoms with Crippen LogP contribution in [0.15, 0.2) is 12.2 Å². The summed E-state index contributed by atoms with van der Waals surface area (Å²) in [6.45, 7) is 4.38. The minimum absolute atomic E-state index is 0.321. The molecule has 0 spiro atoms. The minimum atomic E-state index is -0.321. The van der Waals surface area contributed by atoms with Gasteiger partial charge in [-0.3, -0.25) is 0 Å². The number of carbonyl (C=O) groups is 1. The van der Waals surface area contributed by atoms with Crippen molar-refractivity contribution in [2.75, 3.05) is 6.61 Å². The molecule has 0 aliphatic rings. The second-order valence-electron chi connectivity index (χ2n) is 3.22. The number of carbonyl (C=O) groups excluding carboxylic acids is 1. The predicted molar refractivity (Wildman–Crippen MR) is 62.3 cm³/mol. The summed E-state index contributed by atoms with van der Waals surface area (Å²) in [5.74, 6) is 5.50. The van der Waals surface area contributed by atoms with Gasteiger partial charge in [-0.15, -0.1) is 0 Å². The van der Waals surface area contributed by atoms with E-state index in [1.807, 2.05) is 0 Å². The molecule has 84 valence electrons. The van der Waals surface area contributed by atoms with Crippen LogP contribution in [-0.4, -0.2) is 12.6 Å². The third kappa shape index (κ3) is 10.7. The molecule has 0 radical (unpaired) electrons. The highest BCUT2D eigenvalue weighted by Gasteiger charge is 1.89. The van der Waals surface area contributed by atoms with Crippen LogP contribution in [0.1, 0.15) is 46.0 Å². The van der Waals surface area contributed by atoms with Crippen molar-refractivity contribution < 1.29 is 9.53 Å². The standard InChI is InChI=1S/C13H20O2/c1-3-5-6-7-8-9-10-11-12-13(14)15-4-2/h11-12H,3-8H2,1-2H3/b12-11-. The van der Waals surface area contributed by atoms with Crippen LogP contribution in [0.4, 0.5) is 0 Å². The van der Waals surface area contributed by atoms with Gasteiger partial charge in [0.15, 0.2) is 0 Å². The summed E-state index contributed by atoms with van der Waals surface area (Å²) in [5.41, 5.74) is 0. The van der Waals surface area contributed by atoms with Gasteiger partial charge in [0.2, 0.25) is 0 Å². The molecule has 0 heterocycles. The highest BCUT2D eigenvalue weighted by molar-refractivity contribution is 5.82. The zero-order chi connectivity index (χ0) is 11.4. The van der Waals surface area contributed by atoms with Crippen LogP contribution in [0.25, 0.3) is 0 Å². The number of unbranched alkanes of at least 4 members (excludes halogenated alkanes) is 4. The SMILES string of the molecule is CCCCCCC#C/C=C\C(=O)OCC. The van der Waals surface area contributed by atoms with Crippen LogP contribution in [0, 0.1) is 11.8 Å². The average molecular weight is 208 g/mol. The summed E-state index contributed by atoms with van der Waals surface area (Å²) in [4.78, 5) is 10.8. The van der Waals surface area contributed by atoms with E-state index < -0.39 is 0 Å². The lowest BCUT2D eigenvalue weighted by molar-refractivity contribution is -0.137. The number of allylic oxidation sites excluding steroid dienone is 1. The van der Waals surface area contributed by atoms with Crippen molar-refractivity contribution in [1.29, 1.82) is 0 Å².